The van der Waals surface area contributed by atoms with Crippen molar-refractivity contribution in [2.24, 2.45) is 5.92 Å². The lowest BCUT2D eigenvalue weighted by Gasteiger charge is -2.33. The summed E-state index contributed by atoms with van der Waals surface area (Å²) in [6.45, 7) is 4.14. The van der Waals surface area contributed by atoms with E-state index in [0.717, 1.165) is 51.9 Å². The van der Waals surface area contributed by atoms with E-state index in [9.17, 15) is 9.59 Å². The summed E-state index contributed by atoms with van der Waals surface area (Å²) in [5.74, 6) is 0.764. The monoisotopic (exact) mass is 348 g/mol. The van der Waals surface area contributed by atoms with Gasteiger partial charge in [0.1, 0.15) is 11.3 Å². The first kappa shape index (κ1) is 18.0. The molecule has 0 spiro atoms. The van der Waals surface area contributed by atoms with E-state index in [-0.39, 0.29) is 11.9 Å². The van der Waals surface area contributed by atoms with E-state index >= 15 is 0 Å². The standard InChI is InChI=1S/C19H28N2O4/c1-24-19(23)16-8-13-25-17(16)14-20-11-6-15(7-12-20)18(22)21-9-4-2-3-5-10-21/h8,13,15H,2-7,9-12,14H2,1H3. The predicted molar refractivity (Wildman–Crippen MR) is 93.1 cm³/mol. The highest BCUT2D eigenvalue weighted by atomic mass is 16.5. The lowest BCUT2D eigenvalue weighted by atomic mass is 9.95. The third-order valence-electron chi connectivity index (χ3n) is 5.37. The Balaban J connectivity index is 1.51. The molecule has 3 rings (SSSR count). The number of amides is 1. The minimum Gasteiger partial charge on any atom is -0.467 e. The second-order valence-electron chi connectivity index (χ2n) is 7.04. The van der Waals surface area contributed by atoms with Gasteiger partial charge in [-0.05, 0) is 44.8 Å². The number of hydrogen-bond donors (Lipinski definition) is 0. The molecule has 138 valence electrons. The number of methoxy groups -OCH3 is 1. The van der Waals surface area contributed by atoms with E-state index in [1.807, 2.05) is 0 Å². The maximum atomic E-state index is 12.7. The number of carbonyl (C=O) groups is 2. The molecule has 1 amide bonds. The lowest BCUT2D eigenvalue weighted by molar-refractivity contribution is -0.137. The van der Waals surface area contributed by atoms with Gasteiger partial charge in [-0.3, -0.25) is 9.69 Å². The molecule has 0 radical (unpaired) electrons. The van der Waals surface area contributed by atoms with Crippen LogP contribution in [0.15, 0.2) is 16.7 Å². The maximum Gasteiger partial charge on any atom is 0.341 e. The van der Waals surface area contributed by atoms with Crippen LogP contribution < -0.4 is 0 Å². The molecule has 6 heteroatoms. The van der Waals surface area contributed by atoms with Crippen molar-refractivity contribution in [1.82, 2.24) is 9.80 Å². The number of carbonyl (C=O) groups excluding carboxylic acids is 2. The summed E-state index contributed by atoms with van der Waals surface area (Å²) < 4.78 is 10.2. The van der Waals surface area contributed by atoms with E-state index in [0.29, 0.717) is 23.8 Å². The topological polar surface area (TPSA) is 63.0 Å². The van der Waals surface area contributed by atoms with Gasteiger partial charge in [-0.25, -0.2) is 4.79 Å². The van der Waals surface area contributed by atoms with Crippen LogP contribution in [0.1, 0.15) is 54.6 Å². The first-order valence-corrected chi connectivity index (χ1v) is 9.35. The fourth-order valence-electron chi connectivity index (χ4n) is 3.85. The van der Waals surface area contributed by atoms with Gasteiger partial charge in [0.15, 0.2) is 0 Å². The van der Waals surface area contributed by atoms with Crippen LogP contribution >= 0.6 is 0 Å². The molecule has 1 aromatic heterocycles. The molecule has 0 aliphatic carbocycles. The van der Waals surface area contributed by atoms with Crippen LogP contribution in [0.4, 0.5) is 0 Å². The van der Waals surface area contributed by atoms with Crippen molar-refractivity contribution < 1.29 is 18.7 Å². The van der Waals surface area contributed by atoms with Gasteiger partial charge in [-0.1, -0.05) is 12.8 Å². The SMILES string of the molecule is COC(=O)c1ccoc1CN1CCC(C(=O)N2CCCCCC2)CC1. The van der Waals surface area contributed by atoms with Gasteiger partial charge in [0.25, 0.3) is 0 Å². The fraction of sp³-hybridized carbons (Fsp3) is 0.684. The molecule has 0 N–H and O–H groups in total. The molecular formula is C19H28N2O4. The highest BCUT2D eigenvalue weighted by Gasteiger charge is 2.29. The minimum atomic E-state index is -0.366. The van der Waals surface area contributed by atoms with Gasteiger partial charge in [-0.15, -0.1) is 0 Å². The quantitative estimate of drug-likeness (QED) is 0.783. The zero-order valence-electron chi connectivity index (χ0n) is 15.0. The second kappa shape index (κ2) is 8.52. The van der Waals surface area contributed by atoms with E-state index < -0.39 is 0 Å². The number of likely N-dealkylation sites (tertiary alicyclic amines) is 2. The number of rotatable bonds is 4. The number of piperidine rings is 1. The summed E-state index contributed by atoms with van der Waals surface area (Å²) in [6, 6.07) is 1.65. The van der Waals surface area contributed by atoms with Crippen LogP contribution in [-0.2, 0) is 16.1 Å². The van der Waals surface area contributed by atoms with Crippen LogP contribution in [0, 0.1) is 5.92 Å². The molecule has 2 aliphatic rings. The van der Waals surface area contributed by atoms with Crippen molar-refractivity contribution >= 4 is 11.9 Å². The van der Waals surface area contributed by atoms with Gasteiger partial charge in [0.2, 0.25) is 5.91 Å². The third kappa shape index (κ3) is 4.42. The molecule has 25 heavy (non-hydrogen) atoms. The van der Waals surface area contributed by atoms with Crippen molar-refractivity contribution in [3.8, 4) is 0 Å². The van der Waals surface area contributed by atoms with Gasteiger partial charge in [0, 0.05) is 19.0 Å². The van der Waals surface area contributed by atoms with Crippen LogP contribution in [0.25, 0.3) is 0 Å². The molecule has 2 fully saturated rings. The number of nitrogens with zero attached hydrogens (tertiary/aromatic N) is 2. The molecular weight excluding hydrogens is 320 g/mol. The number of esters is 1. The average Bonchev–Trinajstić information content (AvgIpc) is 2.93. The summed E-state index contributed by atoms with van der Waals surface area (Å²) in [5, 5.41) is 0. The summed E-state index contributed by atoms with van der Waals surface area (Å²) in [4.78, 5) is 28.8. The predicted octanol–water partition coefficient (Wildman–Crippen LogP) is 2.68. The lowest BCUT2D eigenvalue weighted by Crippen LogP contribution is -2.42. The van der Waals surface area contributed by atoms with Crippen LogP contribution in [0.5, 0.6) is 0 Å². The zero-order chi connectivity index (χ0) is 17.6. The largest absolute Gasteiger partial charge is 0.467 e. The molecule has 6 nitrogen and oxygen atoms in total. The molecule has 3 heterocycles. The van der Waals surface area contributed by atoms with Crippen LogP contribution in [-0.4, -0.2) is 55.0 Å². The van der Waals surface area contributed by atoms with Gasteiger partial charge in [0.05, 0.1) is 19.9 Å². The van der Waals surface area contributed by atoms with Gasteiger partial charge in [-0.2, -0.15) is 0 Å². The summed E-state index contributed by atoms with van der Waals surface area (Å²) in [7, 11) is 1.37. The Morgan fingerprint density at radius 2 is 1.80 bits per heavy atom. The van der Waals surface area contributed by atoms with E-state index in [1.54, 1.807) is 6.07 Å². The molecule has 2 saturated heterocycles. The van der Waals surface area contributed by atoms with E-state index in [1.165, 1.54) is 26.2 Å². The van der Waals surface area contributed by atoms with Crippen molar-refractivity contribution in [2.45, 2.75) is 45.1 Å². The van der Waals surface area contributed by atoms with Crippen LogP contribution in [0.3, 0.4) is 0 Å². The minimum absolute atomic E-state index is 0.144. The first-order valence-electron chi connectivity index (χ1n) is 9.35. The van der Waals surface area contributed by atoms with E-state index in [2.05, 4.69) is 9.80 Å². The summed E-state index contributed by atoms with van der Waals surface area (Å²) in [6.07, 6.45) is 8.05. The highest BCUT2D eigenvalue weighted by molar-refractivity contribution is 5.90. The molecule has 0 unspecified atom stereocenters. The Kier molecular flexibility index (Phi) is 6.13. The smallest absolute Gasteiger partial charge is 0.341 e. The average molecular weight is 348 g/mol. The second-order valence-corrected chi connectivity index (χ2v) is 7.04. The molecule has 0 atom stereocenters. The Morgan fingerprint density at radius 3 is 2.44 bits per heavy atom. The number of ether oxygens (including phenoxy) is 1. The molecule has 0 aromatic carbocycles. The highest BCUT2D eigenvalue weighted by Crippen LogP contribution is 2.24. The summed E-state index contributed by atoms with van der Waals surface area (Å²) >= 11 is 0. The molecule has 1 aromatic rings. The Bertz CT molecular complexity index is 582. The van der Waals surface area contributed by atoms with Crippen molar-refractivity contribution in [3.63, 3.8) is 0 Å². The van der Waals surface area contributed by atoms with E-state index in [4.69, 9.17) is 9.15 Å². The third-order valence-corrected chi connectivity index (χ3v) is 5.37. The van der Waals surface area contributed by atoms with Crippen molar-refractivity contribution in [3.05, 3.63) is 23.7 Å². The Morgan fingerprint density at radius 1 is 1.12 bits per heavy atom. The number of hydrogen-bond acceptors (Lipinski definition) is 5. The Hall–Kier alpha value is -1.82. The maximum absolute atomic E-state index is 12.7. The zero-order valence-corrected chi connectivity index (χ0v) is 15.0. The van der Waals surface area contributed by atoms with Crippen molar-refractivity contribution in [2.75, 3.05) is 33.3 Å². The molecule has 0 saturated carbocycles. The van der Waals surface area contributed by atoms with Gasteiger partial charge >= 0.3 is 5.97 Å². The summed E-state index contributed by atoms with van der Waals surface area (Å²) in [5.41, 5.74) is 0.491. The molecule has 0 bridgehead atoms. The number of furan rings is 1. The molecule has 2 aliphatic heterocycles. The normalized spacial score (nSPS) is 20.3. The first-order chi connectivity index (χ1) is 12.2. The van der Waals surface area contributed by atoms with Crippen molar-refractivity contribution in [1.29, 1.82) is 0 Å². The fourth-order valence-corrected chi connectivity index (χ4v) is 3.85. The van der Waals surface area contributed by atoms with Crippen LogP contribution in [0.2, 0.25) is 0 Å². The Labute approximate surface area is 149 Å². The van der Waals surface area contributed by atoms with Gasteiger partial charge < -0.3 is 14.1 Å².